The van der Waals surface area contributed by atoms with Crippen LogP contribution in [0.1, 0.15) is 25.3 Å². The fraction of sp³-hybridized carbons (Fsp3) is 0.200. The molecule has 3 rings (SSSR count). The van der Waals surface area contributed by atoms with Gasteiger partial charge < -0.3 is 14.5 Å². The predicted molar refractivity (Wildman–Crippen MR) is 98.0 cm³/mol. The van der Waals surface area contributed by atoms with Crippen molar-refractivity contribution in [1.29, 1.82) is 0 Å². The van der Waals surface area contributed by atoms with Crippen LogP contribution in [0.2, 0.25) is 0 Å². The summed E-state index contributed by atoms with van der Waals surface area (Å²) >= 11 is 0. The normalized spacial score (nSPS) is 11.5. The molecule has 0 aliphatic rings. The van der Waals surface area contributed by atoms with Crippen molar-refractivity contribution < 1.29 is 13.9 Å². The highest BCUT2D eigenvalue weighted by Gasteiger charge is 2.04. The summed E-state index contributed by atoms with van der Waals surface area (Å²) in [7, 11) is 0. The fourth-order valence-electron chi connectivity index (χ4n) is 2.29. The van der Waals surface area contributed by atoms with E-state index in [2.05, 4.69) is 10.3 Å². The lowest BCUT2D eigenvalue weighted by atomic mass is 10.2. The van der Waals surface area contributed by atoms with Gasteiger partial charge in [-0.25, -0.2) is 4.98 Å². The first-order valence-electron chi connectivity index (χ1n) is 8.15. The Bertz CT molecular complexity index is 864. The quantitative estimate of drug-likeness (QED) is 0.677. The summed E-state index contributed by atoms with van der Waals surface area (Å²) in [4.78, 5) is 16.4. The standard InChI is InChI=1S/C20H20N2O3/c1-14(2)24-13-15-6-5-7-16(12-15)21-19(23)10-11-20-22-17-8-3-4-9-18(17)25-20/h3-12,14H,13H2,1-2H3,(H,21,23). The monoisotopic (exact) mass is 336 g/mol. The minimum atomic E-state index is -0.246. The molecular weight excluding hydrogens is 316 g/mol. The van der Waals surface area contributed by atoms with Gasteiger partial charge in [0.2, 0.25) is 11.8 Å². The lowest BCUT2D eigenvalue weighted by molar-refractivity contribution is -0.111. The third kappa shape index (κ3) is 4.78. The number of ether oxygens (including phenoxy) is 1. The molecule has 0 unspecified atom stereocenters. The number of oxazole rings is 1. The van der Waals surface area contributed by atoms with Crippen molar-refractivity contribution in [2.45, 2.75) is 26.6 Å². The molecule has 25 heavy (non-hydrogen) atoms. The molecule has 128 valence electrons. The molecule has 1 aromatic heterocycles. The van der Waals surface area contributed by atoms with E-state index in [9.17, 15) is 4.79 Å². The van der Waals surface area contributed by atoms with E-state index < -0.39 is 0 Å². The van der Waals surface area contributed by atoms with Crippen LogP contribution in [-0.2, 0) is 16.1 Å². The molecule has 0 bridgehead atoms. The van der Waals surface area contributed by atoms with E-state index in [-0.39, 0.29) is 12.0 Å². The highest BCUT2D eigenvalue weighted by molar-refractivity contribution is 6.01. The Morgan fingerprint density at radius 3 is 2.88 bits per heavy atom. The van der Waals surface area contributed by atoms with Gasteiger partial charge in [0.05, 0.1) is 12.7 Å². The molecule has 2 aromatic carbocycles. The van der Waals surface area contributed by atoms with Crippen LogP contribution in [0, 0.1) is 0 Å². The number of nitrogens with one attached hydrogen (secondary N) is 1. The number of hydrogen-bond acceptors (Lipinski definition) is 4. The lowest BCUT2D eigenvalue weighted by Crippen LogP contribution is -2.08. The van der Waals surface area contributed by atoms with E-state index in [4.69, 9.17) is 9.15 Å². The number of nitrogens with zero attached hydrogens (tertiary/aromatic N) is 1. The molecule has 0 fully saturated rings. The smallest absolute Gasteiger partial charge is 0.248 e. The highest BCUT2D eigenvalue weighted by Crippen LogP contribution is 2.16. The molecule has 1 heterocycles. The van der Waals surface area contributed by atoms with Crippen LogP contribution in [0.3, 0.4) is 0 Å². The maximum atomic E-state index is 12.1. The molecule has 0 spiro atoms. The summed E-state index contributed by atoms with van der Waals surface area (Å²) in [5.74, 6) is 0.152. The van der Waals surface area contributed by atoms with Gasteiger partial charge in [-0.15, -0.1) is 0 Å². The zero-order valence-corrected chi connectivity index (χ0v) is 14.2. The topological polar surface area (TPSA) is 64.4 Å². The van der Waals surface area contributed by atoms with Crippen molar-refractivity contribution in [3.63, 3.8) is 0 Å². The Hall–Kier alpha value is -2.92. The van der Waals surface area contributed by atoms with Crippen molar-refractivity contribution in [2.24, 2.45) is 0 Å². The number of fused-ring (bicyclic) bond motifs is 1. The molecule has 0 radical (unpaired) electrons. The molecule has 1 amide bonds. The van der Waals surface area contributed by atoms with Gasteiger partial charge in [0.1, 0.15) is 5.52 Å². The van der Waals surface area contributed by atoms with Crippen molar-refractivity contribution in [2.75, 3.05) is 5.32 Å². The van der Waals surface area contributed by atoms with Crippen LogP contribution in [0.15, 0.2) is 59.0 Å². The van der Waals surface area contributed by atoms with E-state index in [0.29, 0.717) is 18.1 Å². The molecule has 1 N–H and O–H groups in total. The van der Waals surface area contributed by atoms with E-state index in [1.807, 2.05) is 62.4 Å². The molecular formula is C20H20N2O3. The number of hydrogen-bond donors (Lipinski definition) is 1. The van der Waals surface area contributed by atoms with Crippen molar-refractivity contribution in [1.82, 2.24) is 4.98 Å². The Morgan fingerprint density at radius 2 is 2.08 bits per heavy atom. The van der Waals surface area contributed by atoms with Crippen LogP contribution >= 0.6 is 0 Å². The first-order chi connectivity index (χ1) is 12.1. The average Bonchev–Trinajstić information content (AvgIpc) is 3.01. The number of benzene rings is 2. The van der Waals surface area contributed by atoms with Crippen LogP contribution in [0.4, 0.5) is 5.69 Å². The third-order valence-corrected chi connectivity index (χ3v) is 3.47. The van der Waals surface area contributed by atoms with Crippen LogP contribution in [-0.4, -0.2) is 17.0 Å². The maximum absolute atomic E-state index is 12.1. The van der Waals surface area contributed by atoms with Gasteiger partial charge in [-0.05, 0) is 43.7 Å². The molecule has 5 heteroatoms. The minimum Gasteiger partial charge on any atom is -0.437 e. The summed E-state index contributed by atoms with van der Waals surface area (Å²) < 4.78 is 11.1. The first kappa shape index (κ1) is 16.9. The summed E-state index contributed by atoms with van der Waals surface area (Å²) in [6, 6.07) is 15.1. The minimum absolute atomic E-state index is 0.164. The van der Waals surface area contributed by atoms with Gasteiger partial charge in [0, 0.05) is 17.8 Å². The Labute approximate surface area is 146 Å². The molecule has 0 atom stereocenters. The Balaban J connectivity index is 1.62. The summed E-state index contributed by atoms with van der Waals surface area (Å²) in [5.41, 5.74) is 3.19. The highest BCUT2D eigenvalue weighted by atomic mass is 16.5. The van der Waals surface area contributed by atoms with Crippen molar-refractivity contribution >= 4 is 28.8 Å². The van der Waals surface area contributed by atoms with E-state index >= 15 is 0 Å². The van der Waals surface area contributed by atoms with Gasteiger partial charge in [0.25, 0.3) is 0 Å². The van der Waals surface area contributed by atoms with E-state index in [1.54, 1.807) is 6.08 Å². The van der Waals surface area contributed by atoms with Crippen molar-refractivity contribution in [3.05, 3.63) is 66.1 Å². The second kappa shape index (κ2) is 7.77. The number of anilines is 1. The van der Waals surface area contributed by atoms with E-state index in [0.717, 1.165) is 16.8 Å². The number of carbonyl (C=O) groups is 1. The summed E-state index contributed by atoms with van der Waals surface area (Å²) in [6.45, 7) is 4.49. The number of amides is 1. The molecule has 0 aliphatic carbocycles. The second-order valence-corrected chi connectivity index (χ2v) is 5.90. The molecule has 3 aromatic rings. The lowest BCUT2D eigenvalue weighted by Gasteiger charge is -2.09. The summed E-state index contributed by atoms with van der Waals surface area (Å²) in [6.07, 6.45) is 3.13. The van der Waals surface area contributed by atoms with Crippen LogP contribution in [0.5, 0.6) is 0 Å². The molecule has 0 saturated heterocycles. The van der Waals surface area contributed by atoms with E-state index in [1.165, 1.54) is 6.08 Å². The largest absolute Gasteiger partial charge is 0.437 e. The Kier molecular flexibility index (Phi) is 5.26. The number of aromatic nitrogens is 1. The second-order valence-electron chi connectivity index (χ2n) is 5.90. The molecule has 5 nitrogen and oxygen atoms in total. The number of carbonyl (C=O) groups excluding carboxylic acids is 1. The summed E-state index contributed by atoms with van der Waals surface area (Å²) in [5, 5.41) is 2.82. The van der Waals surface area contributed by atoms with Gasteiger partial charge in [-0.2, -0.15) is 0 Å². The number of para-hydroxylation sites is 2. The van der Waals surface area contributed by atoms with Crippen molar-refractivity contribution in [3.8, 4) is 0 Å². The van der Waals surface area contributed by atoms with Crippen LogP contribution < -0.4 is 5.32 Å². The maximum Gasteiger partial charge on any atom is 0.248 e. The zero-order valence-electron chi connectivity index (χ0n) is 14.2. The predicted octanol–water partition coefficient (Wildman–Crippen LogP) is 4.40. The zero-order chi connectivity index (χ0) is 17.6. The third-order valence-electron chi connectivity index (χ3n) is 3.47. The van der Waals surface area contributed by atoms with Gasteiger partial charge in [-0.3, -0.25) is 4.79 Å². The molecule has 0 saturated carbocycles. The van der Waals surface area contributed by atoms with Crippen LogP contribution in [0.25, 0.3) is 17.2 Å². The van der Waals surface area contributed by atoms with Gasteiger partial charge >= 0.3 is 0 Å². The fourth-order valence-corrected chi connectivity index (χ4v) is 2.29. The van der Waals surface area contributed by atoms with Gasteiger partial charge in [0.15, 0.2) is 5.58 Å². The first-order valence-corrected chi connectivity index (χ1v) is 8.15. The van der Waals surface area contributed by atoms with Gasteiger partial charge in [-0.1, -0.05) is 24.3 Å². The SMILES string of the molecule is CC(C)OCc1cccc(NC(=O)C=Cc2nc3ccccc3o2)c1. The molecule has 0 aliphatic heterocycles. The number of rotatable bonds is 6. The Morgan fingerprint density at radius 1 is 1.24 bits per heavy atom. The average molecular weight is 336 g/mol.